The zero-order valence-corrected chi connectivity index (χ0v) is 18.3. The lowest BCUT2D eigenvalue weighted by Gasteiger charge is -2.19. The fourth-order valence-corrected chi connectivity index (χ4v) is 5.90. The van der Waals surface area contributed by atoms with E-state index in [1.807, 2.05) is 18.4 Å². The second-order valence-corrected chi connectivity index (χ2v) is 9.62. The highest BCUT2D eigenvalue weighted by Crippen LogP contribution is 2.35. The van der Waals surface area contributed by atoms with Crippen molar-refractivity contribution in [2.24, 2.45) is 0 Å². The molecular formula is C20H29N3O2S2. The molecule has 2 atom stereocenters. The lowest BCUT2D eigenvalue weighted by atomic mass is 10.1. The first-order valence-electron chi connectivity index (χ1n) is 9.99. The van der Waals surface area contributed by atoms with Crippen LogP contribution in [-0.2, 0) is 17.6 Å². The molecule has 1 amide bonds. The minimum Gasteiger partial charge on any atom is -0.355 e. The van der Waals surface area contributed by atoms with E-state index in [2.05, 4.69) is 19.2 Å². The smallest absolute Gasteiger partial charge is 0.263 e. The number of hydrogen-bond acceptors (Lipinski definition) is 5. The summed E-state index contributed by atoms with van der Waals surface area (Å²) in [4.78, 5) is 32.8. The van der Waals surface area contributed by atoms with Gasteiger partial charge in [0.2, 0.25) is 5.91 Å². The topological polar surface area (TPSA) is 64.0 Å². The van der Waals surface area contributed by atoms with Crippen LogP contribution in [0.4, 0.5) is 0 Å². The second kappa shape index (κ2) is 8.78. The summed E-state index contributed by atoms with van der Waals surface area (Å²) in [5, 5.41) is 4.05. The Bertz CT molecular complexity index is 887. The van der Waals surface area contributed by atoms with Gasteiger partial charge in [-0.1, -0.05) is 25.1 Å². The predicted molar refractivity (Wildman–Crippen MR) is 114 cm³/mol. The van der Waals surface area contributed by atoms with E-state index in [1.54, 1.807) is 11.3 Å². The van der Waals surface area contributed by atoms with E-state index in [0.29, 0.717) is 11.7 Å². The van der Waals surface area contributed by atoms with E-state index in [0.717, 1.165) is 35.9 Å². The van der Waals surface area contributed by atoms with Gasteiger partial charge in [-0.3, -0.25) is 14.2 Å². The van der Waals surface area contributed by atoms with E-state index in [1.165, 1.54) is 35.0 Å². The number of nitrogens with zero attached hydrogens (tertiary/aromatic N) is 2. The van der Waals surface area contributed by atoms with E-state index in [4.69, 9.17) is 4.98 Å². The van der Waals surface area contributed by atoms with Gasteiger partial charge in [0.05, 0.1) is 10.6 Å². The molecule has 0 saturated heterocycles. The number of carbonyl (C=O) groups excluding carboxylic acids is 1. The standard InChI is InChI=1S/C20H29N3O2S2/c1-5-12(3)23-19(25)16-14-10-8-7-9-11-15(14)27-18(16)22-20(23)26-13(4)17(24)21-6-2/h12-13H,5-11H2,1-4H3,(H,21,24)/t12-,13-/m0/s1. The minimum atomic E-state index is -0.289. The largest absolute Gasteiger partial charge is 0.355 e. The van der Waals surface area contributed by atoms with Crippen molar-refractivity contribution >= 4 is 39.2 Å². The summed E-state index contributed by atoms with van der Waals surface area (Å²) in [5.41, 5.74) is 1.30. The first-order valence-corrected chi connectivity index (χ1v) is 11.7. The molecule has 1 N–H and O–H groups in total. The molecule has 2 aromatic rings. The summed E-state index contributed by atoms with van der Waals surface area (Å²) in [6, 6.07) is 0.0552. The van der Waals surface area contributed by atoms with E-state index in [9.17, 15) is 9.59 Å². The third-order valence-corrected chi connectivity index (χ3v) is 7.52. The SMILES string of the molecule is CCNC(=O)[C@H](C)Sc1nc2sc3c(c2c(=O)n1[C@@H](C)CC)CCCCC3. The number of amides is 1. The van der Waals surface area contributed by atoms with Crippen molar-refractivity contribution in [2.45, 2.75) is 82.7 Å². The van der Waals surface area contributed by atoms with Crippen molar-refractivity contribution in [3.8, 4) is 0 Å². The number of nitrogens with one attached hydrogen (secondary N) is 1. The quantitative estimate of drug-likeness (QED) is 0.440. The predicted octanol–water partition coefficient (Wildman–Crippen LogP) is 4.31. The number of thioether (sulfide) groups is 1. The van der Waals surface area contributed by atoms with Crippen LogP contribution in [0, 0.1) is 0 Å². The first kappa shape index (κ1) is 20.4. The van der Waals surface area contributed by atoms with Crippen LogP contribution in [0.3, 0.4) is 0 Å². The number of aromatic nitrogens is 2. The Morgan fingerprint density at radius 1 is 1.26 bits per heavy atom. The third kappa shape index (κ3) is 4.09. The van der Waals surface area contributed by atoms with Crippen molar-refractivity contribution in [1.82, 2.24) is 14.9 Å². The average molecular weight is 408 g/mol. The van der Waals surface area contributed by atoms with Crippen molar-refractivity contribution in [2.75, 3.05) is 6.54 Å². The number of carbonyl (C=O) groups is 1. The molecule has 0 unspecified atom stereocenters. The lowest BCUT2D eigenvalue weighted by Crippen LogP contribution is -2.32. The van der Waals surface area contributed by atoms with Gasteiger partial charge in [-0.15, -0.1) is 11.3 Å². The van der Waals surface area contributed by atoms with Crippen molar-refractivity contribution in [3.05, 3.63) is 20.8 Å². The zero-order chi connectivity index (χ0) is 19.6. The van der Waals surface area contributed by atoms with E-state index in [-0.39, 0.29) is 22.8 Å². The lowest BCUT2D eigenvalue weighted by molar-refractivity contribution is -0.120. The van der Waals surface area contributed by atoms with Crippen molar-refractivity contribution in [3.63, 3.8) is 0 Å². The highest BCUT2D eigenvalue weighted by atomic mass is 32.2. The Morgan fingerprint density at radius 3 is 2.70 bits per heavy atom. The van der Waals surface area contributed by atoms with Gasteiger partial charge in [-0.2, -0.15) is 0 Å². The summed E-state index contributed by atoms with van der Waals surface area (Å²) in [6.45, 7) is 8.52. The Labute approximate surface area is 169 Å². The molecule has 7 heteroatoms. The summed E-state index contributed by atoms with van der Waals surface area (Å²) >= 11 is 3.06. The molecule has 148 valence electrons. The van der Waals surface area contributed by atoms with Crippen LogP contribution in [-0.4, -0.2) is 27.3 Å². The molecule has 0 bridgehead atoms. The summed E-state index contributed by atoms with van der Waals surface area (Å²) in [6.07, 6.45) is 6.45. The maximum absolute atomic E-state index is 13.5. The highest BCUT2D eigenvalue weighted by Gasteiger charge is 2.25. The summed E-state index contributed by atoms with van der Waals surface area (Å²) in [7, 11) is 0. The van der Waals surface area contributed by atoms with Gasteiger partial charge >= 0.3 is 0 Å². The van der Waals surface area contributed by atoms with Gasteiger partial charge in [-0.25, -0.2) is 4.98 Å². The molecule has 1 aliphatic carbocycles. The van der Waals surface area contributed by atoms with Gasteiger partial charge in [0.25, 0.3) is 5.56 Å². The molecule has 3 rings (SSSR count). The Hall–Kier alpha value is -1.34. The van der Waals surface area contributed by atoms with Crippen LogP contribution in [0.1, 0.15) is 69.9 Å². The third-order valence-electron chi connectivity index (χ3n) is 5.27. The summed E-state index contributed by atoms with van der Waals surface area (Å²) in [5.74, 6) is -0.0190. The number of rotatable bonds is 6. The normalized spacial score (nSPS) is 16.6. The highest BCUT2D eigenvalue weighted by molar-refractivity contribution is 8.00. The first-order chi connectivity index (χ1) is 13.0. The molecular weight excluding hydrogens is 378 g/mol. The van der Waals surface area contributed by atoms with Crippen molar-refractivity contribution in [1.29, 1.82) is 0 Å². The maximum atomic E-state index is 13.5. The van der Waals surface area contributed by atoms with Crippen LogP contribution in [0.15, 0.2) is 9.95 Å². The number of hydrogen-bond donors (Lipinski definition) is 1. The van der Waals surface area contributed by atoms with Crippen LogP contribution >= 0.6 is 23.1 Å². The van der Waals surface area contributed by atoms with E-state index >= 15 is 0 Å². The molecule has 0 radical (unpaired) electrons. The fourth-order valence-electron chi connectivity index (χ4n) is 3.56. The van der Waals surface area contributed by atoms with Crippen LogP contribution < -0.4 is 10.9 Å². The fraction of sp³-hybridized carbons (Fsp3) is 0.650. The molecule has 0 fully saturated rings. The van der Waals surface area contributed by atoms with Gasteiger partial charge in [-0.05, 0) is 58.4 Å². The monoisotopic (exact) mass is 407 g/mol. The number of thiophene rings is 1. The Morgan fingerprint density at radius 2 is 2.00 bits per heavy atom. The molecule has 0 aromatic carbocycles. The maximum Gasteiger partial charge on any atom is 0.263 e. The number of fused-ring (bicyclic) bond motifs is 3. The molecule has 2 heterocycles. The average Bonchev–Trinajstić information content (AvgIpc) is 2.83. The van der Waals surface area contributed by atoms with Gasteiger partial charge in [0, 0.05) is 17.5 Å². The van der Waals surface area contributed by atoms with Gasteiger partial charge < -0.3 is 5.32 Å². The molecule has 2 aromatic heterocycles. The molecule has 5 nitrogen and oxygen atoms in total. The second-order valence-electron chi connectivity index (χ2n) is 7.23. The van der Waals surface area contributed by atoms with Crippen LogP contribution in [0.2, 0.25) is 0 Å². The van der Waals surface area contributed by atoms with E-state index < -0.39 is 0 Å². The summed E-state index contributed by atoms with van der Waals surface area (Å²) < 4.78 is 1.82. The minimum absolute atomic E-state index is 0.0190. The Balaban J connectivity index is 2.12. The molecule has 0 spiro atoms. The van der Waals surface area contributed by atoms with Gasteiger partial charge in [0.15, 0.2) is 5.16 Å². The van der Waals surface area contributed by atoms with Crippen LogP contribution in [0.5, 0.6) is 0 Å². The molecule has 1 aliphatic rings. The zero-order valence-electron chi connectivity index (χ0n) is 16.6. The Kier molecular flexibility index (Phi) is 6.63. The number of aryl methyl sites for hydroxylation is 2. The molecule has 27 heavy (non-hydrogen) atoms. The molecule has 0 saturated carbocycles. The van der Waals surface area contributed by atoms with Gasteiger partial charge in [0.1, 0.15) is 4.83 Å². The van der Waals surface area contributed by atoms with Crippen molar-refractivity contribution < 1.29 is 4.79 Å². The van der Waals surface area contributed by atoms with Crippen LogP contribution in [0.25, 0.3) is 10.2 Å². The molecule has 0 aliphatic heterocycles.